The fourth-order valence-corrected chi connectivity index (χ4v) is 2.30. The van der Waals surface area contributed by atoms with E-state index in [1.54, 1.807) is 6.20 Å². The van der Waals surface area contributed by atoms with Gasteiger partial charge in [0.05, 0.1) is 17.9 Å². The average molecular weight is 273 g/mol. The number of nitrogens with two attached hydrogens (primary N) is 1. The van der Waals surface area contributed by atoms with E-state index >= 15 is 0 Å². The van der Waals surface area contributed by atoms with E-state index in [-0.39, 0.29) is 6.04 Å². The first-order chi connectivity index (χ1) is 9.67. The molecule has 108 valence electrons. The molecule has 20 heavy (non-hydrogen) atoms. The zero-order valence-electron chi connectivity index (χ0n) is 12.4. The normalized spacial score (nSPS) is 12.8. The van der Waals surface area contributed by atoms with E-state index in [9.17, 15) is 0 Å². The molecule has 0 amide bonds. The van der Waals surface area contributed by atoms with Crippen molar-refractivity contribution in [2.75, 3.05) is 0 Å². The minimum Gasteiger partial charge on any atom is -0.271 e. The summed E-state index contributed by atoms with van der Waals surface area (Å²) in [5.41, 5.74) is 6.31. The number of aryl methyl sites for hydroxylation is 1. The Kier molecular flexibility index (Phi) is 4.87. The summed E-state index contributed by atoms with van der Waals surface area (Å²) in [4.78, 5) is 0. The van der Waals surface area contributed by atoms with E-state index in [4.69, 9.17) is 5.84 Å². The quantitative estimate of drug-likeness (QED) is 0.626. The molecule has 1 aromatic heterocycles. The summed E-state index contributed by atoms with van der Waals surface area (Å²) in [6, 6.07) is 8.45. The lowest BCUT2D eigenvalue weighted by Gasteiger charge is -2.18. The molecule has 1 unspecified atom stereocenters. The number of rotatable bonds is 6. The van der Waals surface area contributed by atoms with Gasteiger partial charge in [-0.2, -0.15) is 0 Å². The Labute approximate surface area is 120 Å². The van der Waals surface area contributed by atoms with E-state index < -0.39 is 0 Å². The number of benzene rings is 1. The van der Waals surface area contributed by atoms with Gasteiger partial charge < -0.3 is 0 Å². The van der Waals surface area contributed by atoms with Crippen LogP contribution in [-0.2, 0) is 6.54 Å². The van der Waals surface area contributed by atoms with Gasteiger partial charge >= 0.3 is 0 Å². The van der Waals surface area contributed by atoms with Gasteiger partial charge in [-0.3, -0.25) is 5.84 Å². The predicted molar refractivity (Wildman–Crippen MR) is 80.0 cm³/mol. The molecule has 0 spiro atoms. The van der Waals surface area contributed by atoms with Crippen LogP contribution in [-0.4, -0.2) is 15.0 Å². The number of hydrogen-bond donors (Lipinski definition) is 2. The van der Waals surface area contributed by atoms with E-state index in [1.807, 2.05) is 4.68 Å². The van der Waals surface area contributed by atoms with Crippen LogP contribution in [0.2, 0.25) is 0 Å². The van der Waals surface area contributed by atoms with E-state index in [1.165, 1.54) is 5.56 Å². The van der Waals surface area contributed by atoms with Crippen molar-refractivity contribution in [3.63, 3.8) is 0 Å². The fraction of sp³-hybridized carbons (Fsp3) is 0.467. The molecule has 2 rings (SSSR count). The third-order valence-corrected chi connectivity index (χ3v) is 3.48. The van der Waals surface area contributed by atoms with Gasteiger partial charge in [0.25, 0.3) is 0 Å². The number of hydrogen-bond acceptors (Lipinski definition) is 4. The lowest BCUT2D eigenvalue weighted by atomic mass is 9.98. The van der Waals surface area contributed by atoms with Crippen molar-refractivity contribution < 1.29 is 0 Å². The molecule has 0 radical (unpaired) electrons. The monoisotopic (exact) mass is 273 g/mol. The third-order valence-electron chi connectivity index (χ3n) is 3.48. The Hall–Kier alpha value is -1.72. The minimum atomic E-state index is -0.0854. The van der Waals surface area contributed by atoms with Gasteiger partial charge in [0.15, 0.2) is 0 Å². The average Bonchev–Trinajstić information content (AvgIpc) is 2.89. The van der Waals surface area contributed by atoms with Gasteiger partial charge in [0, 0.05) is 6.54 Å². The Bertz CT molecular complexity index is 529. The van der Waals surface area contributed by atoms with Gasteiger partial charge in [-0.25, -0.2) is 10.1 Å². The van der Waals surface area contributed by atoms with E-state index in [0.29, 0.717) is 5.92 Å². The predicted octanol–water partition coefficient (Wildman–Crippen LogP) is 2.36. The highest BCUT2D eigenvalue weighted by Crippen LogP contribution is 2.23. The summed E-state index contributed by atoms with van der Waals surface area (Å²) in [6.07, 6.45) is 2.79. The summed E-state index contributed by atoms with van der Waals surface area (Å²) in [5, 5.41) is 8.12. The van der Waals surface area contributed by atoms with Crippen molar-refractivity contribution >= 4 is 0 Å². The molecule has 2 aromatic rings. The van der Waals surface area contributed by atoms with Crippen LogP contribution in [0.1, 0.15) is 56.0 Å². The first kappa shape index (κ1) is 14.7. The molecule has 0 fully saturated rings. The Morgan fingerprint density at radius 1 is 1.20 bits per heavy atom. The molecular formula is C15H23N5. The molecule has 0 saturated carbocycles. The smallest absolute Gasteiger partial charge is 0.0894 e. The first-order valence-corrected chi connectivity index (χ1v) is 7.11. The summed E-state index contributed by atoms with van der Waals surface area (Å²) in [5.74, 6) is 6.27. The van der Waals surface area contributed by atoms with Gasteiger partial charge in [-0.1, -0.05) is 50.3 Å². The molecule has 1 heterocycles. The minimum absolute atomic E-state index is 0.0854. The van der Waals surface area contributed by atoms with Crippen molar-refractivity contribution in [2.45, 2.75) is 45.7 Å². The molecule has 0 aliphatic carbocycles. The Morgan fingerprint density at radius 3 is 2.40 bits per heavy atom. The topological polar surface area (TPSA) is 68.8 Å². The Balaban J connectivity index is 2.29. The highest BCUT2D eigenvalue weighted by Gasteiger charge is 2.17. The fourth-order valence-electron chi connectivity index (χ4n) is 2.30. The van der Waals surface area contributed by atoms with Crippen LogP contribution < -0.4 is 11.3 Å². The van der Waals surface area contributed by atoms with Gasteiger partial charge in [0.2, 0.25) is 0 Å². The van der Waals surface area contributed by atoms with Crippen LogP contribution >= 0.6 is 0 Å². The second-order valence-corrected chi connectivity index (χ2v) is 5.30. The second-order valence-electron chi connectivity index (χ2n) is 5.30. The second kappa shape index (κ2) is 6.63. The SMILES string of the molecule is CCCn1nncc1C(NN)c1ccc(C(C)C)cc1. The maximum absolute atomic E-state index is 5.74. The van der Waals surface area contributed by atoms with Crippen molar-refractivity contribution in [2.24, 2.45) is 5.84 Å². The van der Waals surface area contributed by atoms with Crippen LogP contribution in [0.3, 0.4) is 0 Å². The van der Waals surface area contributed by atoms with Crippen molar-refractivity contribution in [3.8, 4) is 0 Å². The van der Waals surface area contributed by atoms with Crippen LogP contribution in [0.4, 0.5) is 0 Å². The van der Waals surface area contributed by atoms with Crippen molar-refractivity contribution in [1.82, 2.24) is 20.4 Å². The van der Waals surface area contributed by atoms with E-state index in [2.05, 4.69) is 60.8 Å². The molecule has 0 aliphatic heterocycles. The molecule has 5 nitrogen and oxygen atoms in total. The molecule has 0 aliphatic rings. The van der Waals surface area contributed by atoms with Crippen molar-refractivity contribution in [3.05, 3.63) is 47.3 Å². The number of nitrogens with zero attached hydrogens (tertiary/aromatic N) is 3. The first-order valence-electron chi connectivity index (χ1n) is 7.11. The van der Waals surface area contributed by atoms with Gasteiger partial charge in [-0.05, 0) is 23.5 Å². The molecule has 1 aromatic carbocycles. The highest BCUT2D eigenvalue weighted by molar-refractivity contribution is 5.31. The van der Waals surface area contributed by atoms with Gasteiger partial charge in [0.1, 0.15) is 0 Å². The highest BCUT2D eigenvalue weighted by atomic mass is 15.4. The largest absolute Gasteiger partial charge is 0.271 e. The number of nitrogens with one attached hydrogen (secondary N) is 1. The van der Waals surface area contributed by atoms with Crippen molar-refractivity contribution in [1.29, 1.82) is 0 Å². The summed E-state index contributed by atoms with van der Waals surface area (Å²) < 4.78 is 1.90. The number of hydrazine groups is 1. The molecular weight excluding hydrogens is 250 g/mol. The summed E-state index contributed by atoms with van der Waals surface area (Å²) in [6.45, 7) is 7.34. The molecule has 0 saturated heterocycles. The maximum Gasteiger partial charge on any atom is 0.0894 e. The summed E-state index contributed by atoms with van der Waals surface area (Å²) >= 11 is 0. The summed E-state index contributed by atoms with van der Waals surface area (Å²) in [7, 11) is 0. The van der Waals surface area contributed by atoms with Crippen LogP contribution in [0, 0.1) is 0 Å². The third kappa shape index (κ3) is 3.05. The molecule has 5 heteroatoms. The Morgan fingerprint density at radius 2 is 1.85 bits per heavy atom. The van der Waals surface area contributed by atoms with Gasteiger partial charge in [-0.15, -0.1) is 5.10 Å². The zero-order chi connectivity index (χ0) is 14.5. The number of aromatic nitrogens is 3. The maximum atomic E-state index is 5.74. The lowest BCUT2D eigenvalue weighted by Crippen LogP contribution is -2.30. The van der Waals surface area contributed by atoms with Crippen LogP contribution in [0.5, 0.6) is 0 Å². The lowest BCUT2D eigenvalue weighted by molar-refractivity contribution is 0.512. The zero-order valence-corrected chi connectivity index (χ0v) is 12.4. The molecule has 0 bridgehead atoms. The van der Waals surface area contributed by atoms with Crippen LogP contribution in [0.25, 0.3) is 0 Å². The molecule has 1 atom stereocenters. The molecule has 3 N–H and O–H groups in total. The standard InChI is InChI=1S/C15H23N5/c1-4-9-20-14(10-17-19-20)15(18-16)13-7-5-12(6-8-13)11(2)3/h5-8,10-11,15,18H,4,9,16H2,1-3H3. The van der Waals surface area contributed by atoms with E-state index in [0.717, 1.165) is 24.2 Å². The van der Waals surface area contributed by atoms with Crippen LogP contribution in [0.15, 0.2) is 30.5 Å².